The summed E-state index contributed by atoms with van der Waals surface area (Å²) in [5.74, 6) is 0.0601. The predicted octanol–water partition coefficient (Wildman–Crippen LogP) is 1.38. The van der Waals surface area contributed by atoms with E-state index < -0.39 is 0 Å². The Kier molecular flexibility index (Phi) is 1.85. The number of aryl methyl sites for hydroxylation is 1. The smallest absolute Gasteiger partial charge is 0.241 e. The van der Waals surface area contributed by atoms with Gasteiger partial charge in [0.25, 0.3) is 0 Å². The van der Waals surface area contributed by atoms with Gasteiger partial charge in [-0.2, -0.15) is 0 Å². The lowest BCUT2D eigenvalue weighted by Crippen LogP contribution is -2.40. The number of rotatable bonds is 0. The molecular weight excluding hydrogens is 254 g/mol. The molecule has 4 nitrogen and oxygen atoms in total. The monoisotopic (exact) mass is 265 g/mol. The molecule has 1 aliphatic carbocycles. The molecular formula is C11H11N3OS2. The molecule has 0 saturated carbocycles. The molecule has 88 valence electrons. The fourth-order valence-corrected chi connectivity index (χ4v) is 4.58. The van der Waals surface area contributed by atoms with Crippen LogP contribution >= 0.6 is 23.6 Å². The molecule has 2 N–H and O–H groups in total. The highest BCUT2D eigenvalue weighted by molar-refractivity contribution is 7.80. The molecule has 1 saturated heterocycles. The first-order chi connectivity index (χ1) is 8.24. The van der Waals surface area contributed by atoms with Gasteiger partial charge in [-0.05, 0) is 37.0 Å². The molecule has 0 spiro atoms. The first-order valence-electron chi connectivity index (χ1n) is 5.75. The Hall–Kier alpha value is -1.14. The van der Waals surface area contributed by atoms with Crippen LogP contribution in [0.1, 0.15) is 28.6 Å². The molecule has 1 fully saturated rings. The molecule has 0 bridgehead atoms. The van der Waals surface area contributed by atoms with Gasteiger partial charge in [-0.1, -0.05) is 0 Å². The Labute approximate surface area is 108 Å². The molecule has 2 aliphatic heterocycles. The van der Waals surface area contributed by atoms with Crippen LogP contribution in [0.2, 0.25) is 0 Å². The average molecular weight is 265 g/mol. The van der Waals surface area contributed by atoms with Gasteiger partial charge in [0, 0.05) is 10.4 Å². The molecule has 3 aliphatic rings. The number of hydrogen-bond acceptors (Lipinski definition) is 3. The summed E-state index contributed by atoms with van der Waals surface area (Å²) in [6.45, 7) is 0.376. The summed E-state index contributed by atoms with van der Waals surface area (Å²) in [5, 5.41) is 8.10. The maximum Gasteiger partial charge on any atom is 0.241 e. The van der Waals surface area contributed by atoms with Gasteiger partial charge in [-0.25, -0.2) is 0 Å². The fourth-order valence-electron chi connectivity index (χ4n) is 2.92. The van der Waals surface area contributed by atoms with Crippen molar-refractivity contribution >= 4 is 39.6 Å². The number of amides is 1. The zero-order chi connectivity index (χ0) is 11.6. The van der Waals surface area contributed by atoms with Crippen LogP contribution in [0.25, 0.3) is 0 Å². The average Bonchev–Trinajstić information content (AvgIpc) is 2.90. The van der Waals surface area contributed by atoms with Gasteiger partial charge >= 0.3 is 0 Å². The number of carbonyl (C=O) groups excluding carboxylic acids is 1. The van der Waals surface area contributed by atoms with E-state index in [1.807, 2.05) is 4.90 Å². The van der Waals surface area contributed by atoms with Crippen molar-refractivity contribution < 1.29 is 4.79 Å². The third-order valence-corrected chi connectivity index (χ3v) is 5.20. The van der Waals surface area contributed by atoms with Gasteiger partial charge in [-0.15, -0.1) is 11.3 Å². The quantitative estimate of drug-likeness (QED) is 0.696. The third kappa shape index (κ3) is 1.22. The van der Waals surface area contributed by atoms with Crippen LogP contribution in [0, 0.1) is 0 Å². The van der Waals surface area contributed by atoms with Gasteiger partial charge in [0.2, 0.25) is 5.91 Å². The van der Waals surface area contributed by atoms with Gasteiger partial charge in [0.15, 0.2) is 5.11 Å². The topological polar surface area (TPSA) is 44.4 Å². The van der Waals surface area contributed by atoms with Crippen LogP contribution in [-0.4, -0.2) is 22.5 Å². The van der Waals surface area contributed by atoms with E-state index in [1.54, 1.807) is 11.3 Å². The van der Waals surface area contributed by atoms with E-state index in [0.29, 0.717) is 11.7 Å². The normalized spacial score (nSPS) is 25.2. The van der Waals surface area contributed by atoms with Crippen molar-refractivity contribution in [3.8, 4) is 0 Å². The second-order valence-electron chi connectivity index (χ2n) is 4.63. The maximum absolute atomic E-state index is 11.6. The van der Waals surface area contributed by atoms with Gasteiger partial charge < -0.3 is 15.5 Å². The zero-order valence-corrected chi connectivity index (χ0v) is 10.7. The zero-order valence-electron chi connectivity index (χ0n) is 9.08. The Morgan fingerprint density at radius 2 is 2.29 bits per heavy atom. The molecule has 4 rings (SSSR count). The predicted molar refractivity (Wildman–Crippen MR) is 70.2 cm³/mol. The van der Waals surface area contributed by atoms with Crippen molar-refractivity contribution in [2.45, 2.75) is 25.4 Å². The summed E-state index contributed by atoms with van der Waals surface area (Å²) < 4.78 is 0. The van der Waals surface area contributed by atoms with Crippen molar-refractivity contribution in [3.05, 3.63) is 16.0 Å². The number of hydrogen-bond donors (Lipinski definition) is 2. The minimum Gasteiger partial charge on any atom is -0.330 e. The number of carbonyl (C=O) groups is 1. The highest BCUT2D eigenvalue weighted by atomic mass is 32.1. The Balaban J connectivity index is 1.89. The van der Waals surface area contributed by atoms with Crippen molar-refractivity contribution in [1.29, 1.82) is 0 Å². The second kappa shape index (κ2) is 3.20. The number of anilines is 1. The molecule has 1 amide bonds. The van der Waals surface area contributed by atoms with Crippen molar-refractivity contribution in [2.24, 2.45) is 0 Å². The summed E-state index contributed by atoms with van der Waals surface area (Å²) in [7, 11) is 0. The maximum atomic E-state index is 11.6. The molecule has 3 heterocycles. The molecule has 1 unspecified atom stereocenters. The SMILES string of the molecule is O=C1CN2C(=S)Nc3sc4c(c3C2N1)CCC4. The van der Waals surface area contributed by atoms with E-state index in [2.05, 4.69) is 10.6 Å². The lowest BCUT2D eigenvalue weighted by Gasteiger charge is -2.32. The second-order valence-corrected chi connectivity index (χ2v) is 6.12. The number of thiocarbonyl (C=S) groups is 1. The standard InChI is InChI=1S/C11H11N3OS2/c15-7-4-14-9(12-7)8-5-2-1-3-6(5)17-10(8)13-11(14)16/h9H,1-4H2,(H,12,15)(H,13,16). The Morgan fingerprint density at radius 3 is 3.18 bits per heavy atom. The van der Waals surface area contributed by atoms with Gasteiger partial charge in [-0.3, -0.25) is 4.79 Å². The molecule has 0 aromatic carbocycles. The summed E-state index contributed by atoms with van der Waals surface area (Å²) in [5.41, 5.74) is 2.71. The number of nitrogens with zero attached hydrogens (tertiary/aromatic N) is 1. The molecule has 1 aromatic rings. The van der Waals surface area contributed by atoms with E-state index >= 15 is 0 Å². The van der Waals surface area contributed by atoms with Crippen molar-refractivity contribution in [2.75, 3.05) is 11.9 Å². The molecule has 0 radical (unpaired) electrons. The molecule has 6 heteroatoms. The number of fused-ring (bicyclic) bond motifs is 5. The minimum absolute atomic E-state index is 0.0238. The highest BCUT2D eigenvalue weighted by Crippen LogP contribution is 2.46. The fraction of sp³-hybridized carbons (Fsp3) is 0.455. The van der Waals surface area contributed by atoms with Crippen LogP contribution in [0.15, 0.2) is 0 Å². The summed E-state index contributed by atoms with van der Waals surface area (Å²) in [4.78, 5) is 15.0. The lowest BCUT2D eigenvalue weighted by atomic mass is 10.1. The summed E-state index contributed by atoms with van der Waals surface area (Å²) in [6.07, 6.45) is 3.52. The van der Waals surface area contributed by atoms with E-state index in [1.165, 1.54) is 28.8 Å². The van der Waals surface area contributed by atoms with Gasteiger partial charge in [0.1, 0.15) is 17.7 Å². The Morgan fingerprint density at radius 1 is 1.41 bits per heavy atom. The molecule has 17 heavy (non-hydrogen) atoms. The summed E-state index contributed by atoms with van der Waals surface area (Å²) in [6, 6.07) is 0. The molecule has 1 atom stereocenters. The van der Waals surface area contributed by atoms with Crippen LogP contribution in [0.4, 0.5) is 5.00 Å². The van der Waals surface area contributed by atoms with E-state index in [-0.39, 0.29) is 12.1 Å². The van der Waals surface area contributed by atoms with Crippen LogP contribution in [0.3, 0.4) is 0 Å². The number of thiophene rings is 1. The van der Waals surface area contributed by atoms with Gasteiger partial charge in [0.05, 0.1) is 0 Å². The molecule has 1 aromatic heterocycles. The Bertz CT molecular complexity index is 551. The van der Waals surface area contributed by atoms with Crippen LogP contribution < -0.4 is 10.6 Å². The largest absolute Gasteiger partial charge is 0.330 e. The van der Waals surface area contributed by atoms with Crippen molar-refractivity contribution in [1.82, 2.24) is 10.2 Å². The minimum atomic E-state index is -0.0238. The first kappa shape index (κ1) is 9.85. The highest BCUT2D eigenvalue weighted by Gasteiger charge is 2.41. The van der Waals surface area contributed by atoms with Crippen LogP contribution in [0.5, 0.6) is 0 Å². The van der Waals surface area contributed by atoms with Crippen LogP contribution in [-0.2, 0) is 17.6 Å². The van der Waals surface area contributed by atoms with Crippen molar-refractivity contribution in [3.63, 3.8) is 0 Å². The third-order valence-electron chi connectivity index (χ3n) is 3.64. The lowest BCUT2D eigenvalue weighted by molar-refractivity contribution is -0.118. The van der Waals surface area contributed by atoms with E-state index in [9.17, 15) is 4.79 Å². The number of nitrogens with one attached hydrogen (secondary N) is 2. The van der Waals surface area contributed by atoms with E-state index in [4.69, 9.17) is 12.2 Å². The van der Waals surface area contributed by atoms with E-state index in [0.717, 1.165) is 11.4 Å². The first-order valence-corrected chi connectivity index (χ1v) is 6.98. The summed E-state index contributed by atoms with van der Waals surface area (Å²) >= 11 is 7.11.